The molecule has 0 aliphatic carbocycles. The second-order valence-electron chi connectivity index (χ2n) is 4.57. The molecule has 0 N–H and O–H groups in total. The predicted molar refractivity (Wildman–Crippen MR) is 80.9 cm³/mol. The van der Waals surface area contributed by atoms with E-state index in [4.69, 9.17) is 0 Å². The van der Waals surface area contributed by atoms with E-state index in [-0.39, 0.29) is 0 Å². The van der Waals surface area contributed by atoms with E-state index < -0.39 is 5.97 Å². The minimum absolute atomic E-state index is 0.541. The highest BCUT2D eigenvalue weighted by Gasteiger charge is 2.10. The number of para-hydroxylation sites is 1. The maximum atomic E-state index is 10.6. The minimum atomic E-state index is -1.41. The monoisotopic (exact) mass is 287 g/mol. The molecule has 0 saturated carbocycles. The largest absolute Gasteiger partial charge is 0.537 e. The van der Waals surface area contributed by atoms with E-state index >= 15 is 0 Å². The first-order valence-electron chi connectivity index (χ1n) is 6.67. The first kappa shape index (κ1) is 13.7. The first-order chi connectivity index (χ1) is 10.7. The Kier molecular flexibility index (Phi) is 3.71. The Labute approximate surface area is 127 Å². The Hall–Kier alpha value is -3.32. The first-order valence-corrected chi connectivity index (χ1v) is 6.67. The second kappa shape index (κ2) is 5.98. The molecule has 0 radical (unpaired) electrons. The molecular formula is C18H11N2O2-. The maximum Gasteiger partial charge on any atom is 0.116 e. The molecule has 3 rings (SSSR count). The number of carbonyl (C=O) groups is 1. The van der Waals surface area contributed by atoms with Gasteiger partial charge in [0.15, 0.2) is 0 Å². The molecule has 0 saturated heterocycles. The second-order valence-corrected chi connectivity index (χ2v) is 4.57. The highest BCUT2D eigenvalue weighted by atomic mass is 16.4. The van der Waals surface area contributed by atoms with Gasteiger partial charge in [0.25, 0.3) is 0 Å². The summed E-state index contributed by atoms with van der Waals surface area (Å²) in [6.45, 7) is 0. The van der Waals surface area contributed by atoms with Gasteiger partial charge in [0.2, 0.25) is 0 Å². The van der Waals surface area contributed by atoms with E-state index in [9.17, 15) is 9.90 Å². The van der Waals surface area contributed by atoms with Crippen LogP contribution in [0.15, 0.2) is 66.9 Å². The van der Waals surface area contributed by atoms with Gasteiger partial charge in [-0.2, -0.15) is 5.10 Å². The van der Waals surface area contributed by atoms with Gasteiger partial charge in [-0.15, -0.1) is 0 Å². The lowest BCUT2D eigenvalue weighted by Crippen LogP contribution is -2.19. The smallest absolute Gasteiger partial charge is 0.116 e. The Morgan fingerprint density at radius 1 is 1.00 bits per heavy atom. The Morgan fingerprint density at radius 3 is 2.27 bits per heavy atom. The van der Waals surface area contributed by atoms with Crippen LogP contribution in [0.2, 0.25) is 0 Å². The van der Waals surface area contributed by atoms with Gasteiger partial charge in [0.05, 0.1) is 11.3 Å². The average molecular weight is 287 g/mol. The fourth-order valence-corrected chi connectivity index (χ4v) is 2.11. The zero-order valence-electron chi connectivity index (χ0n) is 11.6. The molecule has 0 spiro atoms. The molecule has 0 amide bonds. The van der Waals surface area contributed by atoms with Gasteiger partial charge < -0.3 is 9.90 Å². The summed E-state index contributed by atoms with van der Waals surface area (Å²) in [5.74, 6) is 3.23. The highest BCUT2D eigenvalue weighted by molar-refractivity contribution is 5.86. The number of aromatic nitrogens is 2. The number of hydrogen-bond donors (Lipinski definition) is 0. The molecule has 4 heteroatoms. The molecule has 1 heterocycles. The van der Waals surface area contributed by atoms with Crippen molar-refractivity contribution in [1.82, 2.24) is 9.78 Å². The third kappa shape index (κ3) is 2.89. The Morgan fingerprint density at radius 2 is 1.64 bits per heavy atom. The number of nitrogens with zero attached hydrogens (tertiary/aromatic N) is 2. The molecule has 0 aliphatic rings. The fourth-order valence-electron chi connectivity index (χ4n) is 2.11. The van der Waals surface area contributed by atoms with Gasteiger partial charge in [-0.1, -0.05) is 54.5 Å². The summed E-state index contributed by atoms with van der Waals surface area (Å²) in [6.07, 6.45) is 1.72. The van der Waals surface area contributed by atoms with E-state index in [2.05, 4.69) is 11.0 Å². The van der Waals surface area contributed by atoms with Crippen LogP contribution in [-0.4, -0.2) is 15.7 Å². The van der Waals surface area contributed by atoms with Crippen molar-refractivity contribution in [2.45, 2.75) is 0 Å². The zero-order valence-corrected chi connectivity index (χ0v) is 11.6. The standard InChI is InChI=1S/C18H12N2O2/c21-17(22)12-11-15-13-20(16-9-5-2-6-10-16)19-18(15)14-7-3-1-4-8-14/h1-10,13H,(H,21,22)/p-1. The van der Waals surface area contributed by atoms with Crippen molar-refractivity contribution in [3.8, 4) is 28.8 Å². The van der Waals surface area contributed by atoms with Crippen molar-refractivity contribution in [1.29, 1.82) is 0 Å². The summed E-state index contributed by atoms with van der Waals surface area (Å²) in [5.41, 5.74) is 2.93. The van der Waals surface area contributed by atoms with Gasteiger partial charge >= 0.3 is 0 Å². The van der Waals surface area contributed by atoms with Crippen LogP contribution >= 0.6 is 0 Å². The molecule has 1 aromatic heterocycles. The molecule has 4 nitrogen and oxygen atoms in total. The fraction of sp³-hybridized carbons (Fsp3) is 0. The number of benzene rings is 2. The molecule has 3 aromatic rings. The quantitative estimate of drug-likeness (QED) is 0.673. The van der Waals surface area contributed by atoms with Crippen LogP contribution in [0.3, 0.4) is 0 Å². The van der Waals surface area contributed by atoms with E-state index in [0.717, 1.165) is 11.3 Å². The van der Waals surface area contributed by atoms with Crippen LogP contribution in [0.1, 0.15) is 5.56 Å². The number of hydrogen-bond acceptors (Lipinski definition) is 3. The van der Waals surface area contributed by atoms with Gasteiger partial charge in [-0.3, -0.25) is 0 Å². The van der Waals surface area contributed by atoms with Crippen molar-refractivity contribution >= 4 is 5.97 Å². The molecule has 0 atom stereocenters. The molecule has 2 aromatic carbocycles. The van der Waals surface area contributed by atoms with E-state index in [1.54, 1.807) is 10.9 Å². The third-order valence-electron chi connectivity index (χ3n) is 3.08. The molecule has 0 bridgehead atoms. The number of carbonyl (C=O) groups excluding carboxylic acids is 1. The lowest BCUT2D eigenvalue weighted by molar-refractivity contribution is -0.295. The van der Waals surface area contributed by atoms with Gasteiger partial charge in [0.1, 0.15) is 11.7 Å². The van der Waals surface area contributed by atoms with Crippen molar-refractivity contribution in [3.05, 3.63) is 72.4 Å². The van der Waals surface area contributed by atoms with E-state index in [0.29, 0.717) is 11.3 Å². The number of carboxylic acid groups (broad SMARTS) is 1. The molecule has 106 valence electrons. The maximum absolute atomic E-state index is 10.6. The number of rotatable bonds is 2. The molecule has 0 unspecified atom stereocenters. The van der Waals surface area contributed by atoms with Gasteiger partial charge in [-0.05, 0) is 18.1 Å². The van der Waals surface area contributed by atoms with Crippen molar-refractivity contribution < 1.29 is 9.90 Å². The van der Waals surface area contributed by atoms with Gasteiger partial charge in [-0.25, -0.2) is 4.68 Å². The topological polar surface area (TPSA) is 57.9 Å². The lowest BCUT2D eigenvalue weighted by Gasteiger charge is -1.99. The summed E-state index contributed by atoms with van der Waals surface area (Å²) in [6, 6.07) is 19.1. The van der Waals surface area contributed by atoms with Crippen molar-refractivity contribution in [3.63, 3.8) is 0 Å². The summed E-state index contributed by atoms with van der Waals surface area (Å²) in [4.78, 5) is 10.6. The zero-order chi connectivity index (χ0) is 15.4. The summed E-state index contributed by atoms with van der Waals surface area (Å²) >= 11 is 0. The van der Waals surface area contributed by atoms with Crippen LogP contribution in [0.25, 0.3) is 16.9 Å². The molecular weight excluding hydrogens is 276 g/mol. The molecule has 0 fully saturated rings. The normalized spacial score (nSPS) is 9.82. The number of aliphatic carboxylic acids is 1. The van der Waals surface area contributed by atoms with E-state index in [1.807, 2.05) is 66.6 Å². The number of carboxylic acids is 1. The molecule has 0 aliphatic heterocycles. The SMILES string of the molecule is O=C([O-])C#Cc1cn(-c2ccccc2)nc1-c1ccccc1. The summed E-state index contributed by atoms with van der Waals surface area (Å²) in [7, 11) is 0. The van der Waals surface area contributed by atoms with Crippen LogP contribution in [0, 0.1) is 11.8 Å². The highest BCUT2D eigenvalue weighted by Crippen LogP contribution is 2.22. The molecule has 22 heavy (non-hydrogen) atoms. The van der Waals surface area contributed by atoms with Crippen LogP contribution in [0.4, 0.5) is 0 Å². The van der Waals surface area contributed by atoms with Crippen molar-refractivity contribution in [2.24, 2.45) is 0 Å². The lowest BCUT2D eigenvalue weighted by atomic mass is 10.1. The Balaban J connectivity index is 2.14. The third-order valence-corrected chi connectivity index (χ3v) is 3.08. The van der Waals surface area contributed by atoms with Crippen LogP contribution < -0.4 is 5.11 Å². The Bertz CT molecular complexity index is 856. The predicted octanol–water partition coefficient (Wildman–Crippen LogP) is 1.64. The average Bonchev–Trinajstić information content (AvgIpc) is 2.99. The van der Waals surface area contributed by atoms with E-state index in [1.165, 1.54) is 0 Å². The van der Waals surface area contributed by atoms with Crippen LogP contribution in [-0.2, 0) is 4.79 Å². The minimum Gasteiger partial charge on any atom is -0.537 e. The summed E-state index contributed by atoms with van der Waals surface area (Å²) < 4.78 is 1.68. The van der Waals surface area contributed by atoms with Gasteiger partial charge in [0, 0.05) is 11.8 Å². The van der Waals surface area contributed by atoms with Crippen molar-refractivity contribution in [2.75, 3.05) is 0 Å². The van der Waals surface area contributed by atoms with Crippen LogP contribution in [0.5, 0.6) is 0 Å². The summed E-state index contributed by atoms with van der Waals surface area (Å²) in [5, 5.41) is 15.1.